The van der Waals surface area contributed by atoms with Gasteiger partial charge in [0.2, 0.25) is 0 Å². The number of hydrogen-bond donors (Lipinski definition) is 4. The van der Waals surface area contributed by atoms with E-state index in [9.17, 15) is 34.4 Å². The van der Waals surface area contributed by atoms with E-state index in [0.717, 1.165) is 6.07 Å². The molecule has 0 saturated carbocycles. The number of esters is 1. The van der Waals surface area contributed by atoms with Crippen molar-refractivity contribution in [3.05, 3.63) is 41.2 Å². The number of halogens is 1. The van der Waals surface area contributed by atoms with Crippen LogP contribution in [0.25, 0.3) is 6.08 Å². The number of phenolic OH excluding ortho intramolecular Hbond substituents is 2. The van der Waals surface area contributed by atoms with Gasteiger partial charge in [0.25, 0.3) is 0 Å². The molecule has 4 N–H and O–H groups in total. The largest absolute Gasteiger partial charge is 0.508 e. The number of ketones is 1. The number of aliphatic hydroxyl groups is 2. The second kappa shape index (κ2) is 8.32. The van der Waals surface area contributed by atoms with Gasteiger partial charge in [0.05, 0.1) is 6.10 Å². The highest BCUT2D eigenvalue weighted by molar-refractivity contribution is 5.97. The maximum atomic E-state index is 14.3. The van der Waals surface area contributed by atoms with Crippen molar-refractivity contribution >= 4 is 17.8 Å². The molecule has 1 aromatic rings. The van der Waals surface area contributed by atoms with Crippen molar-refractivity contribution in [2.24, 2.45) is 5.92 Å². The summed E-state index contributed by atoms with van der Waals surface area (Å²) >= 11 is 0. The van der Waals surface area contributed by atoms with E-state index in [1.807, 2.05) is 0 Å². The van der Waals surface area contributed by atoms with Gasteiger partial charge in [-0.1, -0.05) is 19.1 Å². The van der Waals surface area contributed by atoms with Gasteiger partial charge in [-0.05, 0) is 25.0 Å². The van der Waals surface area contributed by atoms with Gasteiger partial charge in [-0.2, -0.15) is 0 Å². The number of carbonyl (C=O) groups is 2. The average molecular weight is 380 g/mol. The van der Waals surface area contributed by atoms with Crippen molar-refractivity contribution in [1.29, 1.82) is 0 Å². The number of aliphatic hydroxyl groups excluding tert-OH is 2. The van der Waals surface area contributed by atoms with Crippen molar-refractivity contribution in [3.8, 4) is 11.5 Å². The lowest BCUT2D eigenvalue weighted by molar-refractivity contribution is -0.127. The fourth-order valence-electron chi connectivity index (χ4n) is 2.55. The molecule has 1 heterocycles. The Hall–Kier alpha value is -2.71. The van der Waals surface area contributed by atoms with Gasteiger partial charge in [0, 0.05) is 18.1 Å². The summed E-state index contributed by atoms with van der Waals surface area (Å²) in [6.07, 6.45) is -1.30. The quantitative estimate of drug-likeness (QED) is 0.506. The Morgan fingerprint density at radius 3 is 2.48 bits per heavy atom. The van der Waals surface area contributed by atoms with Crippen LogP contribution in [0.4, 0.5) is 4.39 Å². The van der Waals surface area contributed by atoms with Crippen LogP contribution >= 0.6 is 0 Å². The number of cyclic esters (lactones) is 1. The average Bonchev–Trinajstić information content (AvgIpc) is 2.58. The molecular weight excluding hydrogens is 359 g/mol. The van der Waals surface area contributed by atoms with Crippen molar-refractivity contribution < 1.29 is 39.1 Å². The van der Waals surface area contributed by atoms with E-state index in [2.05, 4.69) is 0 Å². The predicted octanol–water partition coefficient (Wildman–Crippen LogP) is 1.84. The fraction of sp³-hybridized carbons (Fsp3) is 0.368. The first-order valence-electron chi connectivity index (χ1n) is 8.32. The summed E-state index contributed by atoms with van der Waals surface area (Å²) in [7, 11) is 0. The standard InChI is InChI=1S/C19H21FO7/c1-9-10(2)27-19(26)17-11(6-12(21)7-15(17)23)4-3-5-14(22)18(25)16(24)8-13(9)20/h3-4,6-10,14,18,21-23,25H,5H2,1-2H3/b4-3+,13-8+/t9-,10+,14+,18+/m1/s1. The zero-order chi connectivity index (χ0) is 20.3. The summed E-state index contributed by atoms with van der Waals surface area (Å²) < 4.78 is 19.5. The van der Waals surface area contributed by atoms with Crippen LogP contribution in [0.1, 0.15) is 36.2 Å². The summed E-state index contributed by atoms with van der Waals surface area (Å²) in [6, 6.07) is 2.16. The molecule has 146 valence electrons. The lowest BCUT2D eigenvalue weighted by Gasteiger charge is -2.21. The van der Waals surface area contributed by atoms with Crippen molar-refractivity contribution in [1.82, 2.24) is 0 Å². The molecule has 0 amide bonds. The molecule has 0 bridgehead atoms. The number of benzene rings is 1. The molecule has 0 unspecified atom stereocenters. The molecule has 1 aliphatic heterocycles. The molecule has 1 aliphatic rings. The van der Waals surface area contributed by atoms with Crippen LogP contribution in [0.15, 0.2) is 30.1 Å². The Bertz CT molecular complexity index is 799. The molecule has 0 aromatic heterocycles. The Morgan fingerprint density at radius 2 is 1.81 bits per heavy atom. The first-order chi connectivity index (χ1) is 12.6. The van der Waals surface area contributed by atoms with E-state index in [4.69, 9.17) is 4.74 Å². The van der Waals surface area contributed by atoms with Crippen LogP contribution in [-0.2, 0) is 9.53 Å². The zero-order valence-electron chi connectivity index (χ0n) is 14.8. The predicted molar refractivity (Wildman–Crippen MR) is 93.7 cm³/mol. The summed E-state index contributed by atoms with van der Waals surface area (Å²) in [6.45, 7) is 2.79. The van der Waals surface area contributed by atoms with Crippen molar-refractivity contribution in [2.75, 3.05) is 0 Å². The Morgan fingerprint density at radius 1 is 1.15 bits per heavy atom. The van der Waals surface area contributed by atoms with E-state index in [1.54, 1.807) is 0 Å². The number of ether oxygens (including phenoxy) is 1. The van der Waals surface area contributed by atoms with Gasteiger partial charge in [-0.25, -0.2) is 9.18 Å². The fourth-order valence-corrected chi connectivity index (χ4v) is 2.55. The molecule has 1 aromatic carbocycles. The SMILES string of the molecule is C[C@@H]1OC(=O)c2c(O)cc(O)cc2/C=C/C[C@H](O)[C@H](O)C(=O)/C=C(/F)[C@@H]1C. The van der Waals surface area contributed by atoms with Crippen LogP contribution in [0.5, 0.6) is 11.5 Å². The minimum atomic E-state index is -1.83. The summed E-state index contributed by atoms with van der Waals surface area (Å²) in [5.41, 5.74) is -0.144. The molecule has 0 radical (unpaired) electrons. The number of aromatic hydroxyl groups is 2. The summed E-state index contributed by atoms with van der Waals surface area (Å²) in [4.78, 5) is 24.3. The molecule has 0 spiro atoms. The second-order valence-electron chi connectivity index (χ2n) is 6.41. The Balaban J connectivity index is 2.52. The number of phenols is 2. The molecule has 7 nitrogen and oxygen atoms in total. The van der Waals surface area contributed by atoms with E-state index in [-0.39, 0.29) is 23.3 Å². The molecule has 0 fully saturated rings. The smallest absolute Gasteiger partial charge is 0.342 e. The highest BCUT2D eigenvalue weighted by Gasteiger charge is 2.28. The maximum Gasteiger partial charge on any atom is 0.342 e. The highest BCUT2D eigenvalue weighted by atomic mass is 19.1. The molecule has 0 saturated heterocycles. The summed E-state index contributed by atoms with van der Waals surface area (Å²) in [5.74, 6) is -4.72. The van der Waals surface area contributed by atoms with E-state index in [0.29, 0.717) is 6.08 Å². The molecule has 0 aliphatic carbocycles. The van der Waals surface area contributed by atoms with Crippen molar-refractivity contribution in [3.63, 3.8) is 0 Å². The maximum absolute atomic E-state index is 14.3. The normalized spacial score (nSPS) is 30.5. The first kappa shape index (κ1) is 20.6. The van der Waals surface area contributed by atoms with Crippen LogP contribution in [0.2, 0.25) is 0 Å². The van der Waals surface area contributed by atoms with Crippen LogP contribution in [0.3, 0.4) is 0 Å². The minimum absolute atomic E-state index is 0.0958. The van der Waals surface area contributed by atoms with E-state index in [1.165, 1.54) is 32.1 Å². The van der Waals surface area contributed by atoms with E-state index < -0.39 is 47.6 Å². The Labute approximate surface area is 155 Å². The van der Waals surface area contributed by atoms with Gasteiger partial charge in [-0.15, -0.1) is 0 Å². The van der Waals surface area contributed by atoms with E-state index >= 15 is 0 Å². The molecular formula is C19H21FO7. The van der Waals surface area contributed by atoms with Crippen molar-refractivity contribution in [2.45, 2.75) is 38.6 Å². The van der Waals surface area contributed by atoms with Crippen LogP contribution in [-0.4, -0.2) is 50.5 Å². The third-order valence-electron chi connectivity index (χ3n) is 4.38. The number of fused-ring (bicyclic) bond motifs is 1. The second-order valence-corrected chi connectivity index (χ2v) is 6.41. The zero-order valence-corrected chi connectivity index (χ0v) is 14.8. The lowest BCUT2D eigenvalue weighted by atomic mass is 9.99. The minimum Gasteiger partial charge on any atom is -0.508 e. The molecule has 4 atom stereocenters. The third kappa shape index (κ3) is 4.72. The van der Waals surface area contributed by atoms with Gasteiger partial charge < -0.3 is 25.2 Å². The molecule has 8 heteroatoms. The van der Waals surface area contributed by atoms with Crippen LogP contribution in [0, 0.1) is 5.92 Å². The van der Waals surface area contributed by atoms with Crippen LogP contribution < -0.4 is 0 Å². The van der Waals surface area contributed by atoms with Gasteiger partial charge in [0.1, 0.15) is 35.1 Å². The lowest BCUT2D eigenvalue weighted by Crippen LogP contribution is -2.33. The Kier molecular flexibility index (Phi) is 6.35. The monoisotopic (exact) mass is 380 g/mol. The van der Waals surface area contributed by atoms with Gasteiger partial charge in [-0.3, -0.25) is 4.79 Å². The number of rotatable bonds is 0. The number of carbonyl (C=O) groups excluding carboxylic acids is 2. The molecule has 27 heavy (non-hydrogen) atoms. The first-order valence-corrected chi connectivity index (χ1v) is 8.32. The van der Waals surface area contributed by atoms with Gasteiger partial charge >= 0.3 is 5.97 Å². The summed E-state index contributed by atoms with van der Waals surface area (Å²) in [5, 5.41) is 39.4. The highest BCUT2D eigenvalue weighted by Crippen LogP contribution is 2.30. The molecule has 2 rings (SSSR count). The topological polar surface area (TPSA) is 124 Å². The van der Waals surface area contributed by atoms with Gasteiger partial charge in [0.15, 0.2) is 5.78 Å². The third-order valence-corrected chi connectivity index (χ3v) is 4.38. The number of hydrogen-bond acceptors (Lipinski definition) is 7.